The summed E-state index contributed by atoms with van der Waals surface area (Å²) >= 11 is 3.38. The fourth-order valence-corrected chi connectivity index (χ4v) is 2.56. The van der Waals surface area contributed by atoms with E-state index < -0.39 is 11.6 Å². The number of anilines is 1. The maximum Gasteiger partial charge on any atom is 0.128 e. The summed E-state index contributed by atoms with van der Waals surface area (Å²) in [6.07, 6.45) is 0. The van der Waals surface area contributed by atoms with Gasteiger partial charge in [0.2, 0.25) is 0 Å². The molecule has 0 aliphatic carbocycles. The van der Waals surface area contributed by atoms with E-state index in [9.17, 15) is 8.78 Å². The van der Waals surface area contributed by atoms with E-state index >= 15 is 0 Å². The molecule has 2 aromatic carbocycles. The lowest BCUT2D eigenvalue weighted by Gasteiger charge is -2.18. The van der Waals surface area contributed by atoms with Gasteiger partial charge in [-0.2, -0.15) is 0 Å². The van der Waals surface area contributed by atoms with Gasteiger partial charge in [0.15, 0.2) is 0 Å². The third-order valence-electron chi connectivity index (χ3n) is 3.23. The molecule has 0 aliphatic rings. The van der Waals surface area contributed by atoms with Crippen LogP contribution in [0.15, 0.2) is 34.8 Å². The minimum absolute atomic E-state index is 0.289. The first-order valence-electron chi connectivity index (χ1n) is 6.47. The van der Waals surface area contributed by atoms with Crippen LogP contribution in [0.4, 0.5) is 14.5 Å². The van der Waals surface area contributed by atoms with E-state index in [0.717, 1.165) is 10.2 Å². The summed E-state index contributed by atoms with van der Waals surface area (Å²) < 4.78 is 33.6. The van der Waals surface area contributed by atoms with E-state index in [1.165, 1.54) is 12.1 Å². The Morgan fingerprint density at radius 2 is 1.81 bits per heavy atom. The SMILES string of the molecule is COc1cc(Br)cc(NC(C)c2cc(F)c(C)cc2F)c1. The average Bonchev–Trinajstić information content (AvgIpc) is 2.42. The third-order valence-corrected chi connectivity index (χ3v) is 3.69. The quantitative estimate of drug-likeness (QED) is 0.811. The van der Waals surface area contributed by atoms with Gasteiger partial charge in [0.25, 0.3) is 0 Å². The molecule has 2 rings (SSSR count). The maximum atomic E-state index is 14.0. The average molecular weight is 356 g/mol. The molecule has 2 aromatic rings. The fraction of sp³-hybridized carbons (Fsp3) is 0.250. The summed E-state index contributed by atoms with van der Waals surface area (Å²) in [5, 5.41) is 3.14. The molecule has 2 nitrogen and oxygen atoms in total. The standard InChI is InChI=1S/C16H16BrF2NO/c1-9-4-16(19)14(8-15(9)18)10(2)20-12-5-11(17)6-13(7-12)21-3/h4-8,10,20H,1-3H3. The molecule has 5 heteroatoms. The van der Waals surface area contributed by atoms with Crippen molar-refractivity contribution in [2.24, 2.45) is 0 Å². The van der Waals surface area contributed by atoms with Gasteiger partial charge in [-0.3, -0.25) is 0 Å². The number of hydrogen-bond donors (Lipinski definition) is 1. The van der Waals surface area contributed by atoms with Gasteiger partial charge in [0, 0.05) is 21.8 Å². The molecular weight excluding hydrogens is 340 g/mol. The zero-order valence-corrected chi connectivity index (χ0v) is 13.6. The monoisotopic (exact) mass is 355 g/mol. The topological polar surface area (TPSA) is 21.3 Å². The van der Waals surface area contributed by atoms with Crippen LogP contribution >= 0.6 is 15.9 Å². The van der Waals surface area contributed by atoms with Crippen LogP contribution in [0.2, 0.25) is 0 Å². The molecule has 0 aliphatic heterocycles. The number of ether oxygens (including phenoxy) is 1. The number of rotatable bonds is 4. The van der Waals surface area contributed by atoms with Crippen molar-refractivity contribution in [2.75, 3.05) is 12.4 Å². The molecule has 1 N–H and O–H groups in total. The smallest absolute Gasteiger partial charge is 0.128 e. The zero-order valence-electron chi connectivity index (χ0n) is 12.0. The van der Waals surface area contributed by atoms with Crippen molar-refractivity contribution in [2.45, 2.75) is 19.9 Å². The Morgan fingerprint density at radius 1 is 1.10 bits per heavy atom. The van der Waals surface area contributed by atoms with E-state index in [-0.39, 0.29) is 11.6 Å². The van der Waals surface area contributed by atoms with Gasteiger partial charge >= 0.3 is 0 Å². The molecule has 0 aromatic heterocycles. The summed E-state index contributed by atoms with van der Waals surface area (Å²) in [5.74, 6) is -0.155. The molecule has 0 spiro atoms. The maximum absolute atomic E-state index is 14.0. The van der Waals surface area contributed by atoms with Crippen LogP contribution in [0, 0.1) is 18.6 Å². The molecule has 1 atom stereocenters. The Morgan fingerprint density at radius 3 is 2.48 bits per heavy atom. The largest absolute Gasteiger partial charge is 0.497 e. The van der Waals surface area contributed by atoms with Crippen LogP contribution in [0.3, 0.4) is 0 Å². The first kappa shape index (κ1) is 15.8. The zero-order chi connectivity index (χ0) is 15.6. The lowest BCUT2D eigenvalue weighted by Crippen LogP contribution is -2.09. The van der Waals surface area contributed by atoms with Crippen molar-refractivity contribution >= 4 is 21.6 Å². The number of benzene rings is 2. The minimum Gasteiger partial charge on any atom is -0.497 e. The van der Waals surface area contributed by atoms with Gasteiger partial charge in [-0.25, -0.2) is 8.78 Å². The number of aryl methyl sites for hydroxylation is 1. The Hall–Kier alpha value is -1.62. The van der Waals surface area contributed by atoms with E-state index in [4.69, 9.17) is 4.74 Å². The highest BCUT2D eigenvalue weighted by Crippen LogP contribution is 2.29. The third kappa shape index (κ3) is 3.73. The predicted octanol–water partition coefficient (Wildman–Crippen LogP) is 5.22. The Kier molecular flexibility index (Phi) is 4.83. The second-order valence-corrected chi connectivity index (χ2v) is 5.78. The van der Waals surface area contributed by atoms with Gasteiger partial charge in [-0.15, -0.1) is 0 Å². The van der Waals surface area contributed by atoms with E-state index in [1.54, 1.807) is 27.0 Å². The summed E-state index contributed by atoms with van der Waals surface area (Å²) in [5.41, 5.74) is 1.35. The van der Waals surface area contributed by atoms with Crippen molar-refractivity contribution in [3.63, 3.8) is 0 Å². The van der Waals surface area contributed by atoms with Crippen LogP contribution in [0.25, 0.3) is 0 Å². The van der Waals surface area contributed by atoms with E-state index in [0.29, 0.717) is 11.3 Å². The van der Waals surface area contributed by atoms with Crippen molar-refractivity contribution < 1.29 is 13.5 Å². The van der Waals surface area contributed by atoms with Crippen molar-refractivity contribution in [1.82, 2.24) is 0 Å². The van der Waals surface area contributed by atoms with Crippen molar-refractivity contribution in [3.05, 3.63) is 57.6 Å². The summed E-state index contributed by atoms with van der Waals surface area (Å²) in [4.78, 5) is 0. The van der Waals surface area contributed by atoms with E-state index in [2.05, 4.69) is 21.2 Å². The predicted molar refractivity (Wildman–Crippen MR) is 83.8 cm³/mol. The summed E-state index contributed by atoms with van der Waals surface area (Å²) in [6, 6.07) is 7.54. The molecule has 0 saturated heterocycles. The van der Waals surface area contributed by atoms with Gasteiger partial charge < -0.3 is 10.1 Å². The lowest BCUT2D eigenvalue weighted by molar-refractivity contribution is 0.414. The molecule has 0 amide bonds. The molecule has 0 radical (unpaired) electrons. The number of nitrogens with one attached hydrogen (secondary N) is 1. The first-order valence-corrected chi connectivity index (χ1v) is 7.26. The fourth-order valence-electron chi connectivity index (χ4n) is 2.09. The number of hydrogen-bond acceptors (Lipinski definition) is 2. The van der Waals surface area contributed by atoms with Crippen LogP contribution < -0.4 is 10.1 Å². The van der Waals surface area contributed by atoms with Crippen LogP contribution in [-0.4, -0.2) is 7.11 Å². The van der Waals surface area contributed by atoms with Gasteiger partial charge in [0.05, 0.1) is 13.2 Å². The minimum atomic E-state index is -0.420. The molecule has 0 saturated carbocycles. The van der Waals surface area contributed by atoms with Gasteiger partial charge in [-0.1, -0.05) is 15.9 Å². The second kappa shape index (κ2) is 6.43. The van der Waals surface area contributed by atoms with Gasteiger partial charge in [0.1, 0.15) is 17.4 Å². The summed E-state index contributed by atoms with van der Waals surface area (Å²) in [7, 11) is 1.57. The molecular formula is C16H16BrF2NO. The van der Waals surface area contributed by atoms with Crippen LogP contribution in [-0.2, 0) is 0 Å². The van der Waals surface area contributed by atoms with Crippen molar-refractivity contribution in [3.8, 4) is 5.75 Å². The first-order chi connectivity index (χ1) is 9.90. The lowest BCUT2D eigenvalue weighted by atomic mass is 10.0. The molecule has 0 fully saturated rings. The highest BCUT2D eigenvalue weighted by atomic mass is 79.9. The Labute approximate surface area is 131 Å². The number of methoxy groups -OCH3 is 1. The highest BCUT2D eigenvalue weighted by molar-refractivity contribution is 9.10. The second-order valence-electron chi connectivity index (χ2n) is 4.87. The molecule has 21 heavy (non-hydrogen) atoms. The van der Waals surface area contributed by atoms with Crippen LogP contribution in [0.5, 0.6) is 5.75 Å². The van der Waals surface area contributed by atoms with E-state index in [1.807, 2.05) is 12.1 Å². The molecule has 1 unspecified atom stereocenters. The highest BCUT2D eigenvalue weighted by Gasteiger charge is 2.14. The summed E-state index contributed by atoms with van der Waals surface area (Å²) in [6.45, 7) is 3.32. The normalized spacial score (nSPS) is 12.1. The molecule has 112 valence electrons. The van der Waals surface area contributed by atoms with Crippen LogP contribution in [0.1, 0.15) is 24.1 Å². The Bertz CT molecular complexity index is 661. The Balaban J connectivity index is 2.27. The molecule has 0 heterocycles. The van der Waals surface area contributed by atoms with Gasteiger partial charge in [-0.05, 0) is 43.7 Å². The van der Waals surface area contributed by atoms with Crippen molar-refractivity contribution in [1.29, 1.82) is 0 Å². The number of halogens is 3. The molecule has 0 bridgehead atoms.